The Bertz CT molecular complexity index is 894. The number of nitrogens with one attached hydrogen (secondary N) is 1. The molecule has 1 N–H and O–H groups in total. The number of methoxy groups -OCH3 is 1. The zero-order chi connectivity index (χ0) is 19.6. The summed E-state index contributed by atoms with van der Waals surface area (Å²) >= 11 is 0. The molecule has 1 aliphatic rings. The summed E-state index contributed by atoms with van der Waals surface area (Å²) in [6.45, 7) is 3.37. The number of carbonyl (C=O) groups is 3. The number of Topliss-reactive ketones (excluding diaryl/α,β-unsaturated/α-hetero) is 1. The van der Waals surface area contributed by atoms with Crippen LogP contribution in [0.15, 0.2) is 48.5 Å². The summed E-state index contributed by atoms with van der Waals surface area (Å²) in [5.41, 5.74) is 0.776. The first-order chi connectivity index (χ1) is 12.9. The van der Waals surface area contributed by atoms with Gasteiger partial charge in [0, 0.05) is 11.1 Å². The standard InChI is InChI=1S/C21H22N2O4/c1-4-21(17-8-6-5-7-9-17)19(25)23(20(26)22-21)13-16-12-15(14(2)24)10-11-18(16)27-3/h5-12H,4,13H2,1-3H3,(H,22,26)/t21-/m0/s1. The molecule has 0 radical (unpaired) electrons. The van der Waals surface area contributed by atoms with Gasteiger partial charge in [-0.1, -0.05) is 37.3 Å². The van der Waals surface area contributed by atoms with Crippen molar-refractivity contribution in [3.05, 3.63) is 65.2 Å². The topological polar surface area (TPSA) is 75.7 Å². The van der Waals surface area contributed by atoms with E-state index in [4.69, 9.17) is 4.74 Å². The second-order valence-corrected chi connectivity index (χ2v) is 6.53. The highest BCUT2D eigenvalue weighted by molar-refractivity contribution is 6.07. The average Bonchev–Trinajstić information content (AvgIpc) is 2.93. The molecule has 0 spiro atoms. The smallest absolute Gasteiger partial charge is 0.325 e. The molecular formula is C21H22N2O4. The van der Waals surface area contributed by atoms with Crippen LogP contribution in [0.4, 0.5) is 4.79 Å². The number of nitrogens with zero attached hydrogens (tertiary/aromatic N) is 1. The van der Waals surface area contributed by atoms with Crippen LogP contribution in [0.1, 0.15) is 41.8 Å². The third kappa shape index (κ3) is 3.18. The predicted octanol–water partition coefficient (Wildman–Crippen LogP) is 3.26. The Morgan fingerprint density at radius 2 is 1.85 bits per heavy atom. The highest BCUT2D eigenvalue weighted by Gasteiger charge is 2.51. The number of amides is 3. The second-order valence-electron chi connectivity index (χ2n) is 6.53. The Hall–Kier alpha value is -3.15. The first kappa shape index (κ1) is 18.6. The van der Waals surface area contributed by atoms with E-state index in [1.165, 1.54) is 18.9 Å². The van der Waals surface area contributed by atoms with Gasteiger partial charge >= 0.3 is 6.03 Å². The summed E-state index contributed by atoms with van der Waals surface area (Å²) in [4.78, 5) is 38.7. The van der Waals surface area contributed by atoms with Gasteiger partial charge in [0.25, 0.3) is 5.91 Å². The molecule has 1 atom stereocenters. The van der Waals surface area contributed by atoms with Gasteiger partial charge in [-0.05, 0) is 37.1 Å². The molecule has 6 nitrogen and oxygen atoms in total. The largest absolute Gasteiger partial charge is 0.496 e. The Morgan fingerprint density at radius 1 is 1.15 bits per heavy atom. The number of benzene rings is 2. The first-order valence-corrected chi connectivity index (χ1v) is 8.80. The van der Waals surface area contributed by atoms with Crippen molar-refractivity contribution in [2.75, 3.05) is 7.11 Å². The summed E-state index contributed by atoms with van der Waals surface area (Å²) in [5, 5.41) is 2.86. The molecule has 0 unspecified atom stereocenters. The van der Waals surface area contributed by atoms with E-state index < -0.39 is 11.6 Å². The van der Waals surface area contributed by atoms with Crippen LogP contribution in [0, 0.1) is 0 Å². The fraction of sp³-hybridized carbons (Fsp3) is 0.286. The molecule has 6 heteroatoms. The average molecular weight is 366 g/mol. The SMILES string of the molecule is CC[C@@]1(c2ccccc2)NC(=O)N(Cc2cc(C(C)=O)ccc2OC)C1=O. The molecule has 2 aromatic rings. The van der Waals surface area contributed by atoms with E-state index in [2.05, 4.69) is 5.32 Å². The summed E-state index contributed by atoms with van der Waals surface area (Å²) in [5.74, 6) is 0.120. The lowest BCUT2D eigenvalue weighted by Gasteiger charge is -2.26. The minimum atomic E-state index is -1.08. The molecule has 0 saturated carbocycles. The highest BCUT2D eigenvalue weighted by atomic mass is 16.5. The van der Waals surface area contributed by atoms with Crippen molar-refractivity contribution < 1.29 is 19.1 Å². The van der Waals surface area contributed by atoms with E-state index in [1.54, 1.807) is 18.2 Å². The number of hydrogen-bond acceptors (Lipinski definition) is 4. The van der Waals surface area contributed by atoms with Crippen LogP contribution in [0.25, 0.3) is 0 Å². The van der Waals surface area contributed by atoms with Crippen molar-refractivity contribution in [1.29, 1.82) is 0 Å². The van der Waals surface area contributed by atoms with E-state index >= 15 is 0 Å². The van der Waals surface area contributed by atoms with Crippen molar-refractivity contribution in [2.45, 2.75) is 32.4 Å². The zero-order valence-electron chi connectivity index (χ0n) is 15.6. The lowest BCUT2D eigenvalue weighted by molar-refractivity contribution is -0.132. The lowest BCUT2D eigenvalue weighted by atomic mass is 9.87. The van der Waals surface area contributed by atoms with Gasteiger partial charge in [-0.2, -0.15) is 0 Å². The Kier molecular flexibility index (Phi) is 4.99. The molecule has 3 rings (SSSR count). The quantitative estimate of drug-likeness (QED) is 0.629. The molecule has 2 aromatic carbocycles. The van der Waals surface area contributed by atoms with Crippen molar-refractivity contribution in [3.63, 3.8) is 0 Å². The Balaban J connectivity index is 1.97. The molecule has 27 heavy (non-hydrogen) atoms. The maximum absolute atomic E-state index is 13.2. The molecular weight excluding hydrogens is 344 g/mol. The number of hydrogen-bond donors (Lipinski definition) is 1. The van der Waals surface area contributed by atoms with Gasteiger partial charge in [0.1, 0.15) is 11.3 Å². The minimum Gasteiger partial charge on any atom is -0.496 e. The van der Waals surface area contributed by atoms with Crippen molar-refractivity contribution in [1.82, 2.24) is 10.2 Å². The number of ether oxygens (including phenoxy) is 1. The maximum atomic E-state index is 13.2. The van der Waals surface area contributed by atoms with Crippen LogP contribution < -0.4 is 10.1 Å². The van der Waals surface area contributed by atoms with E-state index in [-0.39, 0.29) is 18.2 Å². The molecule has 1 heterocycles. The van der Waals surface area contributed by atoms with Crippen LogP contribution in [0.5, 0.6) is 5.75 Å². The van der Waals surface area contributed by atoms with Crippen molar-refractivity contribution in [2.24, 2.45) is 0 Å². The summed E-state index contributed by atoms with van der Waals surface area (Å²) in [6, 6.07) is 13.8. The van der Waals surface area contributed by atoms with Gasteiger partial charge in [0.2, 0.25) is 0 Å². The third-order valence-electron chi connectivity index (χ3n) is 4.99. The molecule has 1 fully saturated rings. The fourth-order valence-corrected chi connectivity index (χ4v) is 3.42. The number of ketones is 1. The maximum Gasteiger partial charge on any atom is 0.325 e. The number of urea groups is 1. The van der Waals surface area contributed by atoms with E-state index in [0.717, 1.165) is 5.56 Å². The summed E-state index contributed by atoms with van der Waals surface area (Å²) < 4.78 is 5.34. The molecule has 3 amide bonds. The van der Waals surface area contributed by atoms with Crippen LogP contribution in [-0.4, -0.2) is 29.7 Å². The van der Waals surface area contributed by atoms with E-state index in [9.17, 15) is 14.4 Å². The number of carbonyl (C=O) groups excluding carboxylic acids is 3. The second kappa shape index (κ2) is 7.23. The summed E-state index contributed by atoms with van der Waals surface area (Å²) in [6.07, 6.45) is 0.433. The minimum absolute atomic E-state index is 0.0313. The van der Waals surface area contributed by atoms with Gasteiger partial charge in [-0.3, -0.25) is 14.5 Å². The summed E-state index contributed by atoms with van der Waals surface area (Å²) in [7, 11) is 1.51. The Morgan fingerprint density at radius 3 is 2.44 bits per heavy atom. The predicted molar refractivity (Wildman–Crippen MR) is 100 cm³/mol. The van der Waals surface area contributed by atoms with Gasteiger partial charge in [-0.25, -0.2) is 4.79 Å². The van der Waals surface area contributed by atoms with Crippen molar-refractivity contribution >= 4 is 17.7 Å². The third-order valence-corrected chi connectivity index (χ3v) is 4.99. The van der Waals surface area contributed by atoms with Gasteiger partial charge in [0.05, 0.1) is 13.7 Å². The monoisotopic (exact) mass is 366 g/mol. The highest BCUT2D eigenvalue weighted by Crippen LogP contribution is 2.34. The fourth-order valence-electron chi connectivity index (χ4n) is 3.42. The van der Waals surface area contributed by atoms with E-state index in [1.807, 2.05) is 37.3 Å². The van der Waals surface area contributed by atoms with Crippen LogP contribution in [0.3, 0.4) is 0 Å². The number of rotatable bonds is 6. The molecule has 140 valence electrons. The molecule has 1 saturated heterocycles. The first-order valence-electron chi connectivity index (χ1n) is 8.80. The van der Waals surface area contributed by atoms with Gasteiger partial charge in [0.15, 0.2) is 5.78 Å². The van der Waals surface area contributed by atoms with Crippen LogP contribution in [0.2, 0.25) is 0 Å². The molecule has 0 aliphatic carbocycles. The van der Waals surface area contributed by atoms with Gasteiger partial charge < -0.3 is 10.1 Å². The zero-order valence-corrected chi connectivity index (χ0v) is 15.6. The van der Waals surface area contributed by atoms with Gasteiger partial charge in [-0.15, -0.1) is 0 Å². The normalized spacial score (nSPS) is 19.1. The number of imide groups is 1. The van der Waals surface area contributed by atoms with Crippen LogP contribution >= 0.6 is 0 Å². The lowest BCUT2D eigenvalue weighted by Crippen LogP contribution is -2.43. The van der Waals surface area contributed by atoms with Crippen molar-refractivity contribution in [3.8, 4) is 5.75 Å². The Labute approximate surface area is 158 Å². The molecule has 1 aliphatic heterocycles. The van der Waals surface area contributed by atoms with E-state index in [0.29, 0.717) is 23.3 Å². The molecule has 0 bridgehead atoms. The van der Waals surface area contributed by atoms with Crippen LogP contribution in [-0.2, 0) is 16.9 Å². The molecule has 0 aromatic heterocycles.